The molecule has 0 bridgehead atoms. The molecule has 0 amide bonds. The first-order valence-electron chi connectivity index (χ1n) is 3.24. The third-order valence-electron chi connectivity index (χ3n) is 1.45. The van der Waals surface area contributed by atoms with Crippen molar-refractivity contribution in [3.8, 4) is 0 Å². The van der Waals surface area contributed by atoms with Gasteiger partial charge in [0.05, 0.1) is 0 Å². The van der Waals surface area contributed by atoms with Gasteiger partial charge in [-0.1, -0.05) is 17.6 Å². The van der Waals surface area contributed by atoms with Crippen LogP contribution < -0.4 is 11.2 Å². The predicted molar refractivity (Wildman–Crippen MR) is 41.9 cm³/mol. The molecule has 0 aliphatic heterocycles. The minimum Gasteiger partial charge on any atom is -0.450 e. The summed E-state index contributed by atoms with van der Waals surface area (Å²) < 4.78 is 12.8. The fraction of sp³-hybridized carbons (Fsp3) is 0.143. The molecule has 0 atom stereocenters. The maximum Gasteiger partial charge on any atom is 0.326 e. The summed E-state index contributed by atoms with van der Waals surface area (Å²) in [5.41, 5.74) is 6.13. The summed E-state index contributed by atoms with van der Waals surface area (Å²) in [6.07, 6.45) is 0. The Morgan fingerprint density at radius 3 is 2.73 bits per heavy atom. The molecule has 0 fully saturated rings. The van der Waals surface area contributed by atoms with Gasteiger partial charge in [0.2, 0.25) is 0 Å². The van der Waals surface area contributed by atoms with Crippen molar-refractivity contribution in [3.05, 3.63) is 29.6 Å². The highest BCUT2D eigenvalue weighted by Crippen LogP contribution is 2.02. The molecule has 4 heteroatoms. The number of rotatable bonds is 2. The van der Waals surface area contributed by atoms with E-state index in [0.717, 1.165) is 7.48 Å². The summed E-state index contributed by atoms with van der Waals surface area (Å²) in [6.45, 7) is 0.178. The largest absolute Gasteiger partial charge is 0.450 e. The number of hydrogen-bond donors (Lipinski definition) is 2. The maximum absolute atomic E-state index is 12.8. The first kappa shape index (κ1) is 8.23. The number of nitrogens with two attached hydrogens (primary N) is 1. The predicted octanol–water partition coefficient (Wildman–Crippen LogP) is -0.479. The lowest BCUT2D eigenvalue weighted by Gasteiger charge is -1.99. The van der Waals surface area contributed by atoms with Crippen LogP contribution in [-0.2, 0) is 6.54 Å². The molecule has 11 heavy (non-hydrogen) atoms. The number of halogens is 1. The smallest absolute Gasteiger partial charge is 0.326 e. The first-order valence-corrected chi connectivity index (χ1v) is 3.24. The maximum atomic E-state index is 12.8. The van der Waals surface area contributed by atoms with Gasteiger partial charge in [0.1, 0.15) is 5.82 Å². The molecule has 0 saturated heterocycles. The lowest BCUT2D eigenvalue weighted by Crippen LogP contribution is -2.15. The molecular weight excluding hydrogens is 144 g/mol. The standard InChI is InChI=1S/C7H8BFNO/c9-7-3-6(8-11)2-1-5(7)4-10/h1-3,11H,4,10H2. The quantitative estimate of drug-likeness (QED) is 0.562. The van der Waals surface area contributed by atoms with Gasteiger partial charge >= 0.3 is 7.48 Å². The molecule has 0 saturated carbocycles. The minimum absolute atomic E-state index is 0.178. The zero-order valence-corrected chi connectivity index (χ0v) is 5.92. The van der Waals surface area contributed by atoms with Crippen LogP contribution in [0.3, 0.4) is 0 Å². The highest BCUT2D eigenvalue weighted by Gasteiger charge is 2.01. The van der Waals surface area contributed by atoms with Crippen molar-refractivity contribution < 1.29 is 9.41 Å². The van der Waals surface area contributed by atoms with Gasteiger partial charge in [-0.15, -0.1) is 0 Å². The molecule has 0 aliphatic rings. The monoisotopic (exact) mass is 152 g/mol. The van der Waals surface area contributed by atoms with Crippen molar-refractivity contribution in [3.63, 3.8) is 0 Å². The molecular formula is C7H8BFNO. The van der Waals surface area contributed by atoms with E-state index in [4.69, 9.17) is 10.8 Å². The summed E-state index contributed by atoms with van der Waals surface area (Å²) in [6, 6.07) is 4.39. The van der Waals surface area contributed by atoms with Crippen molar-refractivity contribution >= 4 is 12.9 Å². The molecule has 1 aromatic carbocycles. The Hall–Kier alpha value is -0.865. The molecule has 0 aliphatic carbocycles. The topological polar surface area (TPSA) is 46.2 Å². The summed E-state index contributed by atoms with van der Waals surface area (Å²) in [5, 5.41) is 8.50. The van der Waals surface area contributed by atoms with E-state index in [2.05, 4.69) is 0 Å². The van der Waals surface area contributed by atoms with E-state index in [1.807, 2.05) is 0 Å². The van der Waals surface area contributed by atoms with Crippen molar-refractivity contribution in [2.45, 2.75) is 6.54 Å². The lowest BCUT2D eigenvalue weighted by atomic mass is 9.88. The molecule has 57 valence electrons. The molecule has 3 N–H and O–H groups in total. The third-order valence-corrected chi connectivity index (χ3v) is 1.45. The van der Waals surface area contributed by atoms with Gasteiger partial charge in [-0.3, -0.25) is 0 Å². The number of hydrogen-bond acceptors (Lipinski definition) is 2. The van der Waals surface area contributed by atoms with Crippen molar-refractivity contribution in [2.24, 2.45) is 5.73 Å². The highest BCUT2D eigenvalue weighted by atomic mass is 19.1. The second-order valence-electron chi connectivity index (χ2n) is 2.18. The average molecular weight is 152 g/mol. The molecule has 2 nitrogen and oxygen atoms in total. The molecule has 0 aromatic heterocycles. The van der Waals surface area contributed by atoms with Crippen LogP contribution >= 0.6 is 0 Å². The van der Waals surface area contributed by atoms with Gasteiger partial charge in [0.25, 0.3) is 0 Å². The van der Waals surface area contributed by atoms with E-state index in [-0.39, 0.29) is 12.4 Å². The van der Waals surface area contributed by atoms with E-state index in [1.54, 1.807) is 12.1 Å². The molecule has 1 radical (unpaired) electrons. The van der Waals surface area contributed by atoms with E-state index < -0.39 is 0 Å². The Bertz CT molecular complexity index is 254. The Labute approximate surface area is 65.1 Å². The SMILES string of the molecule is NCc1ccc([B]O)cc1F. The van der Waals surface area contributed by atoms with Gasteiger partial charge in [0.15, 0.2) is 0 Å². The van der Waals surface area contributed by atoms with Gasteiger partial charge in [-0.2, -0.15) is 0 Å². The highest BCUT2D eigenvalue weighted by molar-refractivity contribution is 6.45. The van der Waals surface area contributed by atoms with Crippen LogP contribution in [0.15, 0.2) is 18.2 Å². The summed E-state index contributed by atoms with van der Waals surface area (Å²) in [5.74, 6) is -0.379. The van der Waals surface area contributed by atoms with Gasteiger partial charge in [0, 0.05) is 12.1 Å². The van der Waals surface area contributed by atoms with Crippen LogP contribution in [0.4, 0.5) is 4.39 Å². The van der Waals surface area contributed by atoms with Crippen LogP contribution in [-0.4, -0.2) is 12.5 Å². The summed E-state index contributed by atoms with van der Waals surface area (Å²) in [7, 11) is 0.851. The van der Waals surface area contributed by atoms with Gasteiger partial charge in [-0.25, -0.2) is 4.39 Å². The molecule has 0 heterocycles. The molecule has 1 aromatic rings. The first-order chi connectivity index (χ1) is 5.27. The normalized spacial score (nSPS) is 9.73. The fourth-order valence-electron chi connectivity index (χ4n) is 0.809. The van der Waals surface area contributed by atoms with Crippen LogP contribution in [0.5, 0.6) is 0 Å². The Morgan fingerprint density at radius 2 is 2.27 bits per heavy atom. The lowest BCUT2D eigenvalue weighted by molar-refractivity contribution is 0.605. The molecule has 0 spiro atoms. The Balaban J connectivity index is 2.99. The van der Waals surface area contributed by atoms with Crippen LogP contribution in [0.25, 0.3) is 0 Å². The second-order valence-corrected chi connectivity index (χ2v) is 2.18. The van der Waals surface area contributed by atoms with E-state index in [0.29, 0.717) is 11.0 Å². The van der Waals surface area contributed by atoms with Crippen LogP contribution in [0, 0.1) is 5.82 Å². The number of benzene rings is 1. The van der Waals surface area contributed by atoms with E-state index >= 15 is 0 Å². The second kappa shape index (κ2) is 3.50. The minimum atomic E-state index is -0.379. The van der Waals surface area contributed by atoms with E-state index in [9.17, 15) is 4.39 Å². The molecule has 1 rings (SSSR count). The average Bonchev–Trinajstić information content (AvgIpc) is 2.04. The fourth-order valence-corrected chi connectivity index (χ4v) is 0.809. The zero-order chi connectivity index (χ0) is 8.27. The van der Waals surface area contributed by atoms with Gasteiger partial charge < -0.3 is 10.8 Å². The summed E-state index contributed by atoms with van der Waals surface area (Å²) >= 11 is 0. The van der Waals surface area contributed by atoms with Crippen molar-refractivity contribution in [1.82, 2.24) is 0 Å². The molecule has 0 unspecified atom stereocenters. The van der Waals surface area contributed by atoms with E-state index in [1.165, 1.54) is 6.07 Å². The third kappa shape index (κ3) is 1.79. The summed E-state index contributed by atoms with van der Waals surface area (Å²) in [4.78, 5) is 0. The van der Waals surface area contributed by atoms with Crippen molar-refractivity contribution in [2.75, 3.05) is 0 Å². The Morgan fingerprint density at radius 1 is 1.55 bits per heavy atom. The van der Waals surface area contributed by atoms with Gasteiger partial charge in [-0.05, 0) is 6.07 Å². The van der Waals surface area contributed by atoms with Crippen LogP contribution in [0.2, 0.25) is 0 Å². The zero-order valence-electron chi connectivity index (χ0n) is 5.92. The van der Waals surface area contributed by atoms with Crippen LogP contribution in [0.1, 0.15) is 5.56 Å². The Kier molecular flexibility index (Phi) is 2.62. The van der Waals surface area contributed by atoms with Crippen molar-refractivity contribution in [1.29, 1.82) is 0 Å².